The van der Waals surface area contributed by atoms with Crippen molar-refractivity contribution in [2.75, 3.05) is 7.11 Å². The first-order valence-corrected chi connectivity index (χ1v) is 12.6. The van der Waals surface area contributed by atoms with Crippen LogP contribution in [-0.4, -0.2) is 41.3 Å². The van der Waals surface area contributed by atoms with Gasteiger partial charge in [0.15, 0.2) is 0 Å². The first kappa shape index (κ1) is 24.9. The number of thiophene rings is 1. The maximum absolute atomic E-state index is 12.9. The molecule has 3 aromatic rings. The molecule has 3 aromatic heterocycles. The Morgan fingerprint density at radius 1 is 1.33 bits per heavy atom. The molecule has 3 heterocycles. The van der Waals surface area contributed by atoms with Crippen molar-refractivity contribution >= 4 is 27.3 Å². The van der Waals surface area contributed by atoms with Gasteiger partial charge in [-0.05, 0) is 42.8 Å². The highest BCUT2D eigenvalue weighted by Gasteiger charge is 2.27. The highest BCUT2D eigenvalue weighted by Crippen LogP contribution is 2.32. The number of hydrogen-bond acceptors (Lipinski definition) is 8. The van der Waals surface area contributed by atoms with Crippen LogP contribution in [0.5, 0.6) is 5.88 Å². The number of aliphatic hydroxyl groups is 1. The molecule has 0 spiro atoms. The second kappa shape index (κ2) is 9.24. The maximum Gasteiger partial charge on any atom is 0.273 e. The fraction of sp³-hybridized carbons (Fsp3) is 0.409. The molecular weight excluding hydrogens is 464 g/mol. The third kappa shape index (κ3) is 5.43. The molecule has 0 atom stereocenters. The van der Waals surface area contributed by atoms with Gasteiger partial charge in [0.05, 0.1) is 30.5 Å². The monoisotopic (exact) mass is 492 g/mol. The van der Waals surface area contributed by atoms with E-state index in [-0.39, 0.29) is 16.5 Å². The van der Waals surface area contributed by atoms with Gasteiger partial charge >= 0.3 is 0 Å². The van der Waals surface area contributed by atoms with E-state index in [4.69, 9.17) is 4.74 Å². The topological polar surface area (TPSA) is 123 Å². The van der Waals surface area contributed by atoms with Crippen LogP contribution >= 0.6 is 11.3 Å². The van der Waals surface area contributed by atoms with Gasteiger partial charge in [-0.3, -0.25) is 9.48 Å². The number of aromatic nitrogens is 3. The maximum atomic E-state index is 12.9. The third-order valence-electron chi connectivity index (χ3n) is 5.07. The van der Waals surface area contributed by atoms with Crippen molar-refractivity contribution in [1.82, 2.24) is 19.5 Å². The Balaban J connectivity index is 1.94. The molecule has 33 heavy (non-hydrogen) atoms. The molecule has 0 aliphatic rings. The van der Waals surface area contributed by atoms with Gasteiger partial charge in [0.25, 0.3) is 10.0 Å². The summed E-state index contributed by atoms with van der Waals surface area (Å²) >= 11 is 0.948. The number of carbonyl (C=O) groups is 1. The normalized spacial score (nSPS) is 12.2. The number of amides is 1. The zero-order valence-electron chi connectivity index (χ0n) is 19.4. The molecular formula is C22H28N4O5S2. The van der Waals surface area contributed by atoms with Gasteiger partial charge in [-0.1, -0.05) is 13.8 Å². The number of hydrogen-bond donors (Lipinski definition) is 2. The molecule has 0 saturated carbocycles. The van der Waals surface area contributed by atoms with E-state index in [9.17, 15) is 18.3 Å². The first-order valence-electron chi connectivity index (χ1n) is 10.3. The molecule has 0 unspecified atom stereocenters. The van der Waals surface area contributed by atoms with Crippen LogP contribution in [0.2, 0.25) is 0 Å². The van der Waals surface area contributed by atoms with Crippen molar-refractivity contribution in [1.29, 1.82) is 0 Å². The van der Waals surface area contributed by atoms with Gasteiger partial charge in [-0.2, -0.15) is 5.10 Å². The predicted octanol–water partition coefficient (Wildman–Crippen LogP) is 2.95. The Kier molecular flexibility index (Phi) is 6.96. The summed E-state index contributed by atoms with van der Waals surface area (Å²) in [5.41, 5.74) is 2.06. The zero-order chi connectivity index (χ0) is 24.6. The van der Waals surface area contributed by atoms with Gasteiger partial charge in [0.2, 0.25) is 11.8 Å². The van der Waals surface area contributed by atoms with Gasteiger partial charge in [-0.25, -0.2) is 18.1 Å². The van der Waals surface area contributed by atoms with E-state index in [0.717, 1.165) is 16.9 Å². The number of ether oxygens (including phenoxy) is 1. The fourth-order valence-electron chi connectivity index (χ4n) is 3.43. The van der Waals surface area contributed by atoms with E-state index in [1.807, 2.05) is 13.8 Å². The van der Waals surface area contributed by atoms with Crippen molar-refractivity contribution in [3.8, 4) is 17.1 Å². The number of nitrogens with one attached hydrogen (secondary N) is 1. The van der Waals surface area contributed by atoms with Crippen LogP contribution in [0.4, 0.5) is 0 Å². The molecule has 1 amide bonds. The second-order valence-electron chi connectivity index (χ2n) is 8.50. The molecule has 0 aliphatic carbocycles. The Labute approximate surface area is 197 Å². The lowest BCUT2D eigenvalue weighted by Crippen LogP contribution is -2.31. The summed E-state index contributed by atoms with van der Waals surface area (Å²) < 4.78 is 34.6. The number of carbonyl (C=O) groups excluding carboxylic acids is 1. The Morgan fingerprint density at radius 3 is 2.61 bits per heavy atom. The van der Waals surface area contributed by atoms with Gasteiger partial charge in [0.1, 0.15) is 4.21 Å². The van der Waals surface area contributed by atoms with Crippen molar-refractivity contribution in [2.24, 2.45) is 7.05 Å². The Bertz CT molecular complexity index is 1270. The molecule has 0 radical (unpaired) electrons. The summed E-state index contributed by atoms with van der Waals surface area (Å²) in [4.78, 5) is 17.0. The minimum absolute atomic E-state index is 0.0136. The van der Waals surface area contributed by atoms with Gasteiger partial charge in [-0.15, -0.1) is 11.3 Å². The van der Waals surface area contributed by atoms with Crippen LogP contribution < -0.4 is 9.46 Å². The van der Waals surface area contributed by atoms with Crippen LogP contribution in [0.3, 0.4) is 0 Å². The molecule has 0 aliphatic heterocycles. The summed E-state index contributed by atoms with van der Waals surface area (Å²) in [5, 5.41) is 16.2. The van der Waals surface area contributed by atoms with E-state index >= 15 is 0 Å². The van der Waals surface area contributed by atoms with Gasteiger partial charge < -0.3 is 9.84 Å². The lowest BCUT2D eigenvalue weighted by Gasteiger charge is -2.14. The van der Waals surface area contributed by atoms with Crippen LogP contribution in [0.1, 0.15) is 50.4 Å². The number of methoxy groups -OCH3 is 1. The molecule has 2 N–H and O–H groups in total. The average Bonchev–Trinajstić information content (AvgIpc) is 3.33. The number of nitrogens with zero attached hydrogens (tertiary/aromatic N) is 3. The second-order valence-corrected chi connectivity index (χ2v) is 11.3. The van der Waals surface area contributed by atoms with Crippen LogP contribution in [0.25, 0.3) is 11.3 Å². The lowest BCUT2D eigenvalue weighted by atomic mass is 9.98. The number of aryl methyl sites for hydroxylation is 1. The van der Waals surface area contributed by atoms with Crippen molar-refractivity contribution < 1.29 is 23.1 Å². The SMILES string of the molecule is COc1cc(-c2c(CC(=O)NS(=O)(=O)c3cc(C(C)(C)O)cs3)c(C(C)C)nn2C)ccn1. The largest absolute Gasteiger partial charge is 0.481 e. The molecule has 0 fully saturated rings. The van der Waals surface area contributed by atoms with E-state index < -0.39 is 21.5 Å². The number of rotatable bonds is 8. The van der Waals surface area contributed by atoms with Crippen molar-refractivity contribution in [3.05, 3.63) is 46.6 Å². The number of sulfonamides is 1. The molecule has 0 aromatic carbocycles. The summed E-state index contributed by atoms with van der Waals surface area (Å²) in [5.74, 6) is -0.247. The van der Waals surface area contributed by atoms with Crippen LogP contribution in [-0.2, 0) is 33.9 Å². The van der Waals surface area contributed by atoms with Crippen molar-refractivity contribution in [3.63, 3.8) is 0 Å². The van der Waals surface area contributed by atoms with Crippen LogP contribution in [0, 0.1) is 0 Å². The van der Waals surface area contributed by atoms with E-state index in [2.05, 4.69) is 14.8 Å². The summed E-state index contributed by atoms with van der Waals surface area (Å²) in [7, 11) is -0.793. The number of pyridine rings is 1. The summed E-state index contributed by atoms with van der Waals surface area (Å²) in [6, 6.07) is 4.90. The predicted molar refractivity (Wildman–Crippen MR) is 126 cm³/mol. The van der Waals surface area contributed by atoms with Crippen molar-refractivity contribution in [2.45, 2.75) is 49.8 Å². The third-order valence-corrected chi connectivity index (χ3v) is 7.89. The molecule has 9 nitrogen and oxygen atoms in total. The van der Waals surface area contributed by atoms with Crippen LogP contribution in [0.15, 0.2) is 34.0 Å². The summed E-state index contributed by atoms with van der Waals surface area (Å²) in [6.45, 7) is 7.05. The fourth-order valence-corrected chi connectivity index (χ4v) is 5.76. The van der Waals surface area contributed by atoms with E-state index in [0.29, 0.717) is 28.4 Å². The van der Waals surface area contributed by atoms with E-state index in [1.165, 1.54) is 13.2 Å². The zero-order valence-corrected chi connectivity index (χ0v) is 21.0. The van der Waals surface area contributed by atoms with E-state index in [1.54, 1.807) is 49.3 Å². The Morgan fingerprint density at radius 2 is 2.03 bits per heavy atom. The molecule has 11 heteroatoms. The highest BCUT2D eigenvalue weighted by molar-refractivity contribution is 7.92. The highest BCUT2D eigenvalue weighted by atomic mass is 32.2. The Hall–Kier alpha value is -2.76. The minimum atomic E-state index is -4.08. The molecule has 0 saturated heterocycles. The molecule has 178 valence electrons. The lowest BCUT2D eigenvalue weighted by molar-refractivity contribution is -0.118. The molecule has 0 bridgehead atoms. The minimum Gasteiger partial charge on any atom is -0.481 e. The standard InChI is InChI=1S/C22H28N4O5S2/c1-13(2)20-16(21(26(5)24-20)14-7-8-23-18(9-14)31-6)11-17(27)25-33(29,30)19-10-15(12-32-19)22(3,4)28/h7-10,12-13,28H,11H2,1-6H3,(H,25,27). The molecule has 3 rings (SSSR count). The first-order chi connectivity index (χ1) is 15.3. The summed E-state index contributed by atoms with van der Waals surface area (Å²) in [6.07, 6.45) is 1.42. The average molecular weight is 493 g/mol. The van der Waals surface area contributed by atoms with Gasteiger partial charge in [0, 0.05) is 30.4 Å². The quantitative estimate of drug-likeness (QED) is 0.495. The smallest absolute Gasteiger partial charge is 0.273 e.